The summed E-state index contributed by atoms with van der Waals surface area (Å²) >= 11 is 0. The van der Waals surface area contributed by atoms with Crippen molar-refractivity contribution in [3.63, 3.8) is 0 Å². The Bertz CT molecular complexity index is 199. The predicted molar refractivity (Wildman–Crippen MR) is 51.0 cm³/mol. The van der Waals surface area contributed by atoms with Crippen LogP contribution < -0.4 is 11.5 Å². The topological polar surface area (TPSA) is 61.3 Å². The molecular formula is C9H18N2O. The second kappa shape index (κ2) is 4.04. The van der Waals surface area contributed by atoms with Gasteiger partial charge in [-0.1, -0.05) is 20.8 Å². The zero-order valence-corrected chi connectivity index (χ0v) is 8.22. The van der Waals surface area contributed by atoms with Gasteiger partial charge in [0, 0.05) is 6.08 Å². The minimum absolute atomic E-state index is 0.00208. The maximum absolute atomic E-state index is 5.49. The third-order valence-electron chi connectivity index (χ3n) is 1.58. The van der Waals surface area contributed by atoms with Gasteiger partial charge in [-0.25, -0.2) is 0 Å². The van der Waals surface area contributed by atoms with Crippen molar-refractivity contribution in [3.05, 3.63) is 23.7 Å². The van der Waals surface area contributed by atoms with Crippen LogP contribution >= 0.6 is 0 Å². The van der Waals surface area contributed by atoms with Crippen molar-refractivity contribution >= 4 is 0 Å². The monoisotopic (exact) mass is 170 g/mol. The molecule has 0 aliphatic heterocycles. The first kappa shape index (κ1) is 10.9. The average Bonchev–Trinajstić information content (AvgIpc) is 1.97. The van der Waals surface area contributed by atoms with Crippen LogP contribution in [0.1, 0.15) is 20.8 Å². The van der Waals surface area contributed by atoms with E-state index < -0.39 is 0 Å². The highest BCUT2D eigenvalue weighted by atomic mass is 16.5. The maximum atomic E-state index is 5.49. The largest absolute Gasteiger partial charge is 0.483 e. The smallest absolute Gasteiger partial charge is 0.183 e. The molecule has 0 aliphatic carbocycles. The van der Waals surface area contributed by atoms with Gasteiger partial charge in [0.15, 0.2) is 5.88 Å². The van der Waals surface area contributed by atoms with Crippen LogP contribution in [0, 0.1) is 5.41 Å². The number of rotatable bonds is 2. The number of ether oxygens (including phenoxy) is 1. The van der Waals surface area contributed by atoms with Gasteiger partial charge >= 0.3 is 0 Å². The van der Waals surface area contributed by atoms with Crippen LogP contribution in [0.25, 0.3) is 0 Å². The fourth-order valence-electron chi connectivity index (χ4n) is 0.727. The van der Waals surface area contributed by atoms with Crippen molar-refractivity contribution in [3.8, 4) is 0 Å². The normalized spacial score (nSPS) is 14.7. The highest BCUT2D eigenvalue weighted by molar-refractivity contribution is 5.24. The summed E-state index contributed by atoms with van der Waals surface area (Å²) in [5.41, 5.74) is 11.9. The molecule has 3 nitrogen and oxygen atoms in total. The zero-order valence-electron chi connectivity index (χ0n) is 8.22. The van der Waals surface area contributed by atoms with Crippen LogP contribution in [-0.4, -0.2) is 7.11 Å². The molecule has 0 saturated heterocycles. The van der Waals surface area contributed by atoms with Crippen LogP contribution in [0.4, 0.5) is 0 Å². The molecule has 3 heteroatoms. The van der Waals surface area contributed by atoms with Crippen molar-refractivity contribution < 1.29 is 4.74 Å². The first-order valence-electron chi connectivity index (χ1n) is 3.85. The van der Waals surface area contributed by atoms with Crippen molar-refractivity contribution in [2.45, 2.75) is 20.8 Å². The van der Waals surface area contributed by atoms with E-state index in [1.54, 1.807) is 12.3 Å². The second-order valence-electron chi connectivity index (χ2n) is 3.62. The number of hydrogen-bond donors (Lipinski definition) is 2. The Morgan fingerprint density at radius 1 is 1.33 bits per heavy atom. The van der Waals surface area contributed by atoms with E-state index in [1.807, 2.05) is 0 Å². The molecule has 12 heavy (non-hydrogen) atoms. The second-order valence-corrected chi connectivity index (χ2v) is 3.62. The molecule has 0 fully saturated rings. The molecule has 0 radical (unpaired) electrons. The Balaban J connectivity index is 4.63. The van der Waals surface area contributed by atoms with E-state index in [9.17, 15) is 0 Å². The van der Waals surface area contributed by atoms with Crippen LogP contribution in [0.5, 0.6) is 0 Å². The summed E-state index contributed by atoms with van der Waals surface area (Å²) in [5.74, 6) is 0.377. The predicted octanol–water partition coefficient (Wildman–Crippen LogP) is 1.32. The van der Waals surface area contributed by atoms with Gasteiger partial charge in [0.25, 0.3) is 0 Å². The van der Waals surface area contributed by atoms with Crippen LogP contribution in [0.3, 0.4) is 0 Å². The highest BCUT2D eigenvalue weighted by Crippen LogP contribution is 2.25. The Hall–Kier alpha value is -1.12. The van der Waals surface area contributed by atoms with E-state index in [2.05, 4.69) is 20.8 Å². The van der Waals surface area contributed by atoms with Gasteiger partial charge < -0.3 is 16.2 Å². The molecule has 0 saturated carbocycles. The molecule has 4 N–H and O–H groups in total. The number of methoxy groups -OCH3 is 1. The lowest BCUT2D eigenvalue weighted by Crippen LogP contribution is -2.12. The summed E-state index contributed by atoms with van der Waals surface area (Å²) in [6.45, 7) is 6.18. The lowest BCUT2D eigenvalue weighted by molar-refractivity contribution is 0.286. The van der Waals surface area contributed by atoms with E-state index in [0.29, 0.717) is 5.88 Å². The minimum atomic E-state index is -0.00208. The first-order chi connectivity index (χ1) is 5.41. The molecule has 0 heterocycles. The van der Waals surface area contributed by atoms with Gasteiger partial charge in [-0.05, 0) is 17.2 Å². The summed E-state index contributed by atoms with van der Waals surface area (Å²) < 4.78 is 4.82. The molecule has 0 bridgehead atoms. The molecule has 70 valence electrons. The van der Waals surface area contributed by atoms with Crippen molar-refractivity contribution in [1.82, 2.24) is 0 Å². The molecule has 0 rings (SSSR count). The molecule has 0 aromatic heterocycles. The lowest BCUT2D eigenvalue weighted by Gasteiger charge is -2.19. The van der Waals surface area contributed by atoms with Gasteiger partial charge in [-0.15, -0.1) is 0 Å². The summed E-state index contributed by atoms with van der Waals surface area (Å²) in [6, 6.07) is 0. The number of allylic oxidation sites excluding steroid dienone is 2. The van der Waals surface area contributed by atoms with Gasteiger partial charge in [0.2, 0.25) is 0 Å². The Labute approximate surface area is 74.1 Å². The van der Waals surface area contributed by atoms with Crippen LogP contribution in [-0.2, 0) is 4.74 Å². The molecule has 0 spiro atoms. The molecule has 0 aliphatic rings. The molecule has 0 atom stereocenters. The molecular weight excluding hydrogens is 152 g/mol. The number of hydrogen-bond acceptors (Lipinski definition) is 3. The van der Waals surface area contributed by atoms with E-state index in [4.69, 9.17) is 16.2 Å². The molecule has 0 aromatic carbocycles. The quantitative estimate of drug-likeness (QED) is 0.485. The first-order valence-corrected chi connectivity index (χ1v) is 3.85. The Morgan fingerprint density at radius 3 is 2.08 bits per heavy atom. The van der Waals surface area contributed by atoms with Crippen molar-refractivity contribution in [2.75, 3.05) is 7.11 Å². The van der Waals surface area contributed by atoms with E-state index in [1.165, 1.54) is 7.11 Å². The summed E-state index contributed by atoms with van der Waals surface area (Å²) in [4.78, 5) is 0. The summed E-state index contributed by atoms with van der Waals surface area (Å²) in [6.07, 6.45) is 3.28. The van der Waals surface area contributed by atoms with Crippen LogP contribution in [0.15, 0.2) is 23.7 Å². The third-order valence-corrected chi connectivity index (χ3v) is 1.58. The minimum Gasteiger partial charge on any atom is -0.483 e. The van der Waals surface area contributed by atoms with Gasteiger partial charge in [-0.3, -0.25) is 0 Å². The van der Waals surface area contributed by atoms with Gasteiger partial charge in [0.05, 0.1) is 7.11 Å². The van der Waals surface area contributed by atoms with Crippen molar-refractivity contribution in [1.29, 1.82) is 0 Å². The van der Waals surface area contributed by atoms with Gasteiger partial charge in [-0.2, -0.15) is 0 Å². The lowest BCUT2D eigenvalue weighted by atomic mass is 9.87. The maximum Gasteiger partial charge on any atom is 0.183 e. The van der Waals surface area contributed by atoms with Crippen LogP contribution in [0.2, 0.25) is 0 Å². The molecule has 0 unspecified atom stereocenters. The van der Waals surface area contributed by atoms with Crippen molar-refractivity contribution in [2.24, 2.45) is 16.9 Å². The Kier molecular flexibility index (Phi) is 3.67. The van der Waals surface area contributed by atoms with E-state index in [-0.39, 0.29) is 5.41 Å². The fraction of sp³-hybridized carbons (Fsp3) is 0.556. The zero-order chi connectivity index (χ0) is 9.78. The summed E-state index contributed by atoms with van der Waals surface area (Å²) in [7, 11) is 1.53. The fourth-order valence-corrected chi connectivity index (χ4v) is 0.727. The SMILES string of the molecule is CO/C(N)=C/C(=C\N)C(C)(C)C. The standard InChI is InChI=1S/C9H18N2O/c1-9(2,3)7(6-10)5-8(11)12-4/h5-6H,10-11H2,1-4H3/b7-6+,8-5+. The summed E-state index contributed by atoms with van der Waals surface area (Å²) in [5, 5.41) is 0. The van der Waals surface area contributed by atoms with E-state index >= 15 is 0 Å². The van der Waals surface area contributed by atoms with E-state index in [0.717, 1.165) is 5.57 Å². The highest BCUT2D eigenvalue weighted by Gasteiger charge is 2.14. The van der Waals surface area contributed by atoms with Gasteiger partial charge in [0.1, 0.15) is 0 Å². The Morgan fingerprint density at radius 2 is 1.83 bits per heavy atom. The third kappa shape index (κ3) is 3.32. The average molecular weight is 170 g/mol. The molecule has 0 aromatic rings. The number of nitrogens with two attached hydrogens (primary N) is 2. The molecule has 0 amide bonds.